The van der Waals surface area contributed by atoms with Gasteiger partial charge < -0.3 is 10.6 Å². The van der Waals surface area contributed by atoms with E-state index in [9.17, 15) is 13.6 Å². The molecule has 2 rings (SSSR count). The van der Waals surface area contributed by atoms with Crippen molar-refractivity contribution in [3.8, 4) is 0 Å². The summed E-state index contributed by atoms with van der Waals surface area (Å²) < 4.78 is 25.0. The Labute approximate surface area is 135 Å². The quantitative estimate of drug-likeness (QED) is 0.719. The highest BCUT2D eigenvalue weighted by molar-refractivity contribution is 7.99. The summed E-state index contributed by atoms with van der Waals surface area (Å²) in [6.45, 7) is 0. The fourth-order valence-electron chi connectivity index (χ4n) is 1.75. The van der Waals surface area contributed by atoms with Crippen LogP contribution in [0, 0.1) is 0 Å². The molecule has 0 spiro atoms. The SMILES string of the molecule is CSc1cccc(NC(=O)Nc2ccccc2SC(F)F)c1. The Balaban J connectivity index is 2.05. The third-order valence-electron chi connectivity index (χ3n) is 2.68. The standard InChI is InChI=1S/C15H14F2N2OS2/c1-21-11-6-4-5-10(9-11)18-15(20)19-12-7-2-3-8-13(12)22-14(16)17/h2-9,14H,1H3,(H2,18,19,20). The summed E-state index contributed by atoms with van der Waals surface area (Å²) in [5.41, 5.74) is 0.995. The smallest absolute Gasteiger partial charge is 0.308 e. The van der Waals surface area contributed by atoms with Crippen molar-refractivity contribution in [1.29, 1.82) is 0 Å². The zero-order chi connectivity index (χ0) is 15.9. The Bertz CT molecular complexity index is 653. The van der Waals surface area contributed by atoms with E-state index in [1.807, 2.05) is 24.5 Å². The number of halogens is 2. The Morgan fingerprint density at radius 3 is 2.59 bits per heavy atom. The van der Waals surface area contributed by atoms with Gasteiger partial charge in [-0.2, -0.15) is 8.78 Å². The molecule has 0 unspecified atom stereocenters. The molecule has 0 aliphatic rings. The molecule has 0 aliphatic heterocycles. The molecule has 0 saturated heterocycles. The zero-order valence-electron chi connectivity index (χ0n) is 11.7. The van der Waals surface area contributed by atoms with Gasteiger partial charge in [0.25, 0.3) is 5.76 Å². The number of nitrogens with one attached hydrogen (secondary N) is 2. The summed E-state index contributed by atoms with van der Waals surface area (Å²) in [7, 11) is 0. The lowest BCUT2D eigenvalue weighted by Gasteiger charge is -2.11. The first kappa shape index (κ1) is 16.6. The average molecular weight is 340 g/mol. The number of benzene rings is 2. The normalized spacial score (nSPS) is 10.5. The van der Waals surface area contributed by atoms with Crippen LogP contribution in [0.5, 0.6) is 0 Å². The molecule has 0 heterocycles. The van der Waals surface area contributed by atoms with Crippen molar-refractivity contribution in [3.05, 3.63) is 48.5 Å². The first-order valence-electron chi connectivity index (χ1n) is 6.34. The lowest BCUT2D eigenvalue weighted by Crippen LogP contribution is -2.19. The van der Waals surface area contributed by atoms with Crippen LogP contribution in [-0.4, -0.2) is 18.0 Å². The van der Waals surface area contributed by atoms with Crippen LogP contribution in [0.2, 0.25) is 0 Å². The van der Waals surface area contributed by atoms with E-state index in [4.69, 9.17) is 0 Å². The second-order valence-electron chi connectivity index (χ2n) is 4.19. The van der Waals surface area contributed by atoms with Gasteiger partial charge in [-0.05, 0) is 36.6 Å². The maximum absolute atomic E-state index is 12.5. The summed E-state index contributed by atoms with van der Waals surface area (Å²) >= 11 is 1.97. The minimum Gasteiger partial charge on any atom is -0.308 e. The van der Waals surface area contributed by atoms with E-state index < -0.39 is 11.8 Å². The molecule has 0 saturated carbocycles. The van der Waals surface area contributed by atoms with Crippen molar-refractivity contribution >= 4 is 40.9 Å². The highest BCUT2D eigenvalue weighted by Crippen LogP contribution is 2.31. The van der Waals surface area contributed by atoms with Gasteiger partial charge in [-0.25, -0.2) is 4.79 Å². The van der Waals surface area contributed by atoms with E-state index in [1.165, 1.54) is 0 Å². The van der Waals surface area contributed by atoms with Crippen LogP contribution in [0.3, 0.4) is 0 Å². The number of thioether (sulfide) groups is 2. The molecule has 0 aliphatic carbocycles. The van der Waals surface area contributed by atoms with Gasteiger partial charge in [-0.3, -0.25) is 0 Å². The van der Waals surface area contributed by atoms with Gasteiger partial charge >= 0.3 is 6.03 Å². The van der Waals surface area contributed by atoms with Crippen LogP contribution in [0.25, 0.3) is 0 Å². The molecule has 0 aromatic heterocycles. The van der Waals surface area contributed by atoms with Gasteiger partial charge in [0, 0.05) is 15.5 Å². The summed E-state index contributed by atoms with van der Waals surface area (Å²) in [6.07, 6.45) is 1.94. The highest BCUT2D eigenvalue weighted by Gasteiger charge is 2.11. The lowest BCUT2D eigenvalue weighted by molar-refractivity contribution is 0.252. The third-order valence-corrected chi connectivity index (χ3v) is 4.19. The number of hydrogen-bond donors (Lipinski definition) is 2. The summed E-state index contributed by atoms with van der Waals surface area (Å²) in [5, 5.41) is 5.28. The molecule has 3 nitrogen and oxygen atoms in total. The maximum Gasteiger partial charge on any atom is 0.323 e. The van der Waals surface area contributed by atoms with Gasteiger partial charge in [-0.15, -0.1) is 11.8 Å². The molecule has 116 valence electrons. The third kappa shape index (κ3) is 4.92. The summed E-state index contributed by atoms with van der Waals surface area (Å²) in [4.78, 5) is 13.3. The van der Waals surface area contributed by atoms with Crippen LogP contribution < -0.4 is 10.6 Å². The number of amides is 2. The largest absolute Gasteiger partial charge is 0.323 e. The molecule has 2 aromatic carbocycles. The summed E-state index contributed by atoms with van der Waals surface area (Å²) in [5.74, 6) is -2.54. The van der Waals surface area contributed by atoms with E-state index in [-0.39, 0.29) is 0 Å². The molecule has 0 bridgehead atoms. The molecule has 2 N–H and O–H groups in total. The van der Waals surface area contributed by atoms with Crippen LogP contribution in [0.4, 0.5) is 25.0 Å². The molecule has 0 radical (unpaired) electrons. The predicted octanol–water partition coefficient (Wildman–Crippen LogP) is 5.37. The minimum atomic E-state index is -2.54. The van der Waals surface area contributed by atoms with Gasteiger partial charge in [-0.1, -0.05) is 30.0 Å². The molecule has 2 aromatic rings. The Morgan fingerprint density at radius 2 is 1.86 bits per heavy atom. The topological polar surface area (TPSA) is 41.1 Å². The Hall–Kier alpha value is -1.73. The van der Waals surface area contributed by atoms with E-state index in [1.54, 1.807) is 42.1 Å². The zero-order valence-corrected chi connectivity index (χ0v) is 13.3. The fraction of sp³-hybridized carbons (Fsp3) is 0.133. The van der Waals surface area contributed by atoms with Crippen LogP contribution in [0.15, 0.2) is 58.3 Å². The van der Waals surface area contributed by atoms with Gasteiger partial charge in [0.05, 0.1) is 5.69 Å². The Kier molecular flexibility index (Phi) is 6.09. The number of alkyl halides is 2. The number of anilines is 2. The van der Waals surface area contributed by atoms with Crippen molar-refractivity contribution in [3.63, 3.8) is 0 Å². The highest BCUT2D eigenvalue weighted by atomic mass is 32.2. The molecule has 0 fully saturated rings. The maximum atomic E-state index is 12.5. The molecular formula is C15H14F2N2OS2. The second-order valence-corrected chi connectivity index (χ2v) is 6.10. The molecule has 2 amide bonds. The van der Waals surface area contributed by atoms with Crippen molar-refractivity contribution in [2.75, 3.05) is 16.9 Å². The number of hydrogen-bond acceptors (Lipinski definition) is 3. The molecule has 7 heteroatoms. The van der Waals surface area contributed by atoms with Crippen molar-refractivity contribution in [1.82, 2.24) is 0 Å². The number of carbonyl (C=O) groups is 1. The number of carbonyl (C=O) groups excluding carboxylic acids is 1. The van der Waals surface area contributed by atoms with Crippen LogP contribution in [-0.2, 0) is 0 Å². The van der Waals surface area contributed by atoms with Crippen molar-refractivity contribution in [2.24, 2.45) is 0 Å². The monoisotopic (exact) mass is 340 g/mol. The van der Waals surface area contributed by atoms with Gasteiger partial charge in [0.15, 0.2) is 0 Å². The first-order valence-corrected chi connectivity index (χ1v) is 8.45. The van der Waals surface area contributed by atoms with E-state index in [2.05, 4.69) is 10.6 Å². The predicted molar refractivity (Wildman–Crippen MR) is 89.2 cm³/mol. The molecule has 0 atom stereocenters. The van der Waals surface area contributed by atoms with E-state index in [0.717, 1.165) is 4.90 Å². The van der Waals surface area contributed by atoms with E-state index in [0.29, 0.717) is 28.0 Å². The summed E-state index contributed by atoms with van der Waals surface area (Å²) in [6, 6.07) is 13.4. The molecule has 22 heavy (non-hydrogen) atoms. The van der Waals surface area contributed by atoms with Crippen LogP contribution in [0.1, 0.15) is 0 Å². The van der Waals surface area contributed by atoms with E-state index >= 15 is 0 Å². The Morgan fingerprint density at radius 1 is 1.09 bits per heavy atom. The average Bonchev–Trinajstić information content (AvgIpc) is 2.49. The van der Waals surface area contributed by atoms with Crippen molar-refractivity contribution in [2.45, 2.75) is 15.5 Å². The number of urea groups is 1. The first-order chi connectivity index (χ1) is 10.6. The molecular weight excluding hydrogens is 326 g/mol. The lowest BCUT2D eigenvalue weighted by atomic mass is 10.3. The number of para-hydroxylation sites is 1. The minimum absolute atomic E-state index is 0.325. The fourth-order valence-corrected chi connectivity index (χ4v) is 2.81. The second kappa shape index (κ2) is 8.05. The van der Waals surface area contributed by atoms with Gasteiger partial charge in [0.2, 0.25) is 0 Å². The van der Waals surface area contributed by atoms with Crippen molar-refractivity contribution < 1.29 is 13.6 Å². The number of rotatable bonds is 5. The van der Waals surface area contributed by atoms with Gasteiger partial charge in [0.1, 0.15) is 0 Å². The van der Waals surface area contributed by atoms with Crippen LogP contribution >= 0.6 is 23.5 Å².